The van der Waals surface area contributed by atoms with Crippen LogP contribution in [0, 0.1) is 0 Å². The number of hydrogen-bond acceptors (Lipinski definition) is 6. The number of carbonyl (C=O) groups is 3. The van der Waals surface area contributed by atoms with Gasteiger partial charge in [-0.2, -0.15) is 0 Å². The number of esters is 3. The van der Waals surface area contributed by atoms with Crippen LogP contribution >= 0.6 is 0 Å². The Morgan fingerprint density at radius 3 is 0.691 bits per heavy atom. The van der Waals surface area contributed by atoms with Gasteiger partial charge in [0.05, 0.1) is 0 Å². The molecule has 0 spiro atoms. The molecule has 0 aliphatic carbocycles. The van der Waals surface area contributed by atoms with E-state index in [4.69, 9.17) is 14.2 Å². The Labute approximate surface area is 506 Å². The molecule has 6 nitrogen and oxygen atoms in total. The van der Waals surface area contributed by atoms with Gasteiger partial charge in [-0.25, -0.2) is 0 Å². The lowest BCUT2D eigenvalue weighted by Crippen LogP contribution is -2.30. The minimum absolute atomic E-state index is 0.0687. The number of rotatable bonds is 68. The average molecular weight is 1140 g/mol. The van der Waals surface area contributed by atoms with Crippen molar-refractivity contribution in [3.8, 4) is 0 Å². The predicted molar refractivity (Wildman–Crippen MR) is 353 cm³/mol. The molecular weight excluding hydrogens is 997 g/mol. The molecule has 0 amide bonds. The second kappa shape index (κ2) is 70.1. The summed E-state index contributed by atoms with van der Waals surface area (Å²) in [5.41, 5.74) is 0. The van der Waals surface area contributed by atoms with E-state index in [-0.39, 0.29) is 31.1 Å². The smallest absolute Gasteiger partial charge is 0.306 e. The van der Waals surface area contributed by atoms with E-state index in [1.807, 2.05) is 0 Å². The van der Waals surface area contributed by atoms with Gasteiger partial charge in [0.25, 0.3) is 0 Å². The quantitative estimate of drug-likeness (QED) is 0.0261. The zero-order valence-corrected chi connectivity index (χ0v) is 54.8. The van der Waals surface area contributed by atoms with Crippen molar-refractivity contribution < 1.29 is 28.6 Å². The average Bonchev–Trinajstić information content (AvgIpc) is 3.47. The van der Waals surface area contributed by atoms with Gasteiger partial charge in [0.15, 0.2) is 6.10 Å². The summed E-state index contributed by atoms with van der Waals surface area (Å²) in [5.74, 6) is -0.846. The molecule has 0 rings (SSSR count). The molecule has 81 heavy (non-hydrogen) atoms. The predicted octanol–water partition coefficient (Wildman–Crippen LogP) is 25.1. The Hall–Kier alpha value is -2.37. The number of allylic oxidation sites excluding steroid dienone is 6. The van der Waals surface area contributed by atoms with Crippen molar-refractivity contribution in [3.05, 3.63) is 36.5 Å². The minimum atomic E-state index is -0.773. The fourth-order valence-electron chi connectivity index (χ4n) is 11.1. The topological polar surface area (TPSA) is 78.9 Å². The van der Waals surface area contributed by atoms with Crippen molar-refractivity contribution >= 4 is 17.9 Å². The van der Waals surface area contributed by atoms with Gasteiger partial charge in [0.2, 0.25) is 0 Å². The van der Waals surface area contributed by atoms with Gasteiger partial charge in [-0.05, 0) is 77.0 Å². The van der Waals surface area contributed by atoms with Crippen LogP contribution in [0.25, 0.3) is 0 Å². The third kappa shape index (κ3) is 68.3. The summed E-state index contributed by atoms with van der Waals surface area (Å²) in [5, 5.41) is 0. The van der Waals surface area contributed by atoms with Gasteiger partial charge >= 0.3 is 17.9 Å². The second-order valence-electron chi connectivity index (χ2n) is 24.9. The molecule has 6 heteroatoms. The molecular formula is C75H140O6. The maximum Gasteiger partial charge on any atom is 0.306 e. The highest BCUT2D eigenvalue weighted by Crippen LogP contribution is 2.19. The Kier molecular flexibility index (Phi) is 68.1. The van der Waals surface area contributed by atoms with Crippen molar-refractivity contribution in [1.29, 1.82) is 0 Å². The molecule has 476 valence electrons. The molecule has 0 saturated heterocycles. The molecule has 1 unspecified atom stereocenters. The van der Waals surface area contributed by atoms with E-state index in [1.54, 1.807) is 0 Å². The molecule has 0 fully saturated rings. The fraction of sp³-hybridized carbons (Fsp3) is 0.880. The third-order valence-corrected chi connectivity index (χ3v) is 16.6. The maximum absolute atomic E-state index is 13.0. The van der Waals surface area contributed by atoms with Gasteiger partial charge in [0, 0.05) is 19.3 Å². The SMILES string of the molecule is CCCCCCC/C=C\C/C=C\CCCCCCCCCCCCCCCCCCCC(=O)OCC(COC(=O)CCCCCCC/C=C\CCCCCCC)OC(=O)CCCCCCCCCCCCCCCCCCCCCC. The molecule has 0 aromatic heterocycles. The van der Waals surface area contributed by atoms with Gasteiger partial charge in [-0.15, -0.1) is 0 Å². The van der Waals surface area contributed by atoms with Crippen LogP contribution in [0.15, 0.2) is 36.5 Å². The van der Waals surface area contributed by atoms with Crippen LogP contribution in [-0.4, -0.2) is 37.2 Å². The monoisotopic (exact) mass is 1140 g/mol. The normalized spacial score (nSPS) is 12.2. The number of unbranched alkanes of at least 4 members (excludes halogenated alkanes) is 51. The summed E-state index contributed by atoms with van der Waals surface area (Å²) in [6.45, 7) is 6.69. The molecule has 0 aromatic carbocycles. The lowest BCUT2D eigenvalue weighted by Gasteiger charge is -2.18. The molecule has 0 aliphatic rings. The largest absolute Gasteiger partial charge is 0.462 e. The minimum Gasteiger partial charge on any atom is -0.462 e. The fourth-order valence-corrected chi connectivity index (χ4v) is 11.1. The standard InChI is InChI=1S/C75H140O6/c1-4-7-10-13-16-19-22-25-28-30-32-34-35-36-37-38-39-40-41-42-44-45-47-50-53-56-59-62-65-68-74(77)80-71-72(70-79-73(76)67-64-61-58-55-52-49-27-24-21-18-15-12-9-6-3)81-75(78)69-66-63-60-57-54-51-48-46-43-33-31-29-26-23-20-17-14-11-8-5-2/h22,24-25,27,30,32,72H,4-21,23,26,28-29,31,33-71H2,1-3H3/b25-22-,27-24-,32-30-. The van der Waals surface area contributed by atoms with E-state index in [2.05, 4.69) is 57.2 Å². The highest BCUT2D eigenvalue weighted by atomic mass is 16.6. The van der Waals surface area contributed by atoms with E-state index in [0.717, 1.165) is 70.6 Å². The number of ether oxygens (including phenoxy) is 3. The highest BCUT2D eigenvalue weighted by Gasteiger charge is 2.19. The van der Waals surface area contributed by atoms with E-state index in [1.165, 1.54) is 295 Å². The zero-order chi connectivity index (χ0) is 58.5. The van der Waals surface area contributed by atoms with E-state index >= 15 is 0 Å². The van der Waals surface area contributed by atoms with Crippen LogP contribution < -0.4 is 0 Å². The first-order valence-electron chi connectivity index (χ1n) is 36.5. The third-order valence-electron chi connectivity index (χ3n) is 16.6. The first-order chi connectivity index (χ1) is 40.0. The summed E-state index contributed by atoms with van der Waals surface area (Å²) in [6, 6.07) is 0. The van der Waals surface area contributed by atoms with Crippen LogP contribution in [0.5, 0.6) is 0 Å². The van der Waals surface area contributed by atoms with Crippen molar-refractivity contribution in [3.63, 3.8) is 0 Å². The van der Waals surface area contributed by atoms with Crippen molar-refractivity contribution in [2.45, 2.75) is 412 Å². The zero-order valence-electron chi connectivity index (χ0n) is 54.8. The van der Waals surface area contributed by atoms with E-state index in [9.17, 15) is 14.4 Å². The summed E-state index contributed by atoms with van der Waals surface area (Å²) in [4.78, 5) is 38.4. The summed E-state index contributed by atoms with van der Waals surface area (Å²) in [6.07, 6.45) is 87.5. The summed E-state index contributed by atoms with van der Waals surface area (Å²) < 4.78 is 17.0. The van der Waals surface area contributed by atoms with Crippen molar-refractivity contribution in [2.75, 3.05) is 13.2 Å². The van der Waals surface area contributed by atoms with Gasteiger partial charge < -0.3 is 14.2 Å². The molecule has 0 aliphatic heterocycles. The second-order valence-corrected chi connectivity index (χ2v) is 24.9. The molecule has 0 heterocycles. The Morgan fingerprint density at radius 1 is 0.247 bits per heavy atom. The van der Waals surface area contributed by atoms with Crippen LogP contribution in [0.4, 0.5) is 0 Å². The van der Waals surface area contributed by atoms with Crippen LogP contribution in [0.1, 0.15) is 406 Å². The first kappa shape index (κ1) is 78.6. The lowest BCUT2D eigenvalue weighted by atomic mass is 10.0. The van der Waals surface area contributed by atoms with Gasteiger partial charge in [-0.1, -0.05) is 346 Å². The van der Waals surface area contributed by atoms with E-state index in [0.29, 0.717) is 19.3 Å². The van der Waals surface area contributed by atoms with Gasteiger partial charge in [-0.3, -0.25) is 14.4 Å². The summed E-state index contributed by atoms with van der Waals surface area (Å²) >= 11 is 0. The van der Waals surface area contributed by atoms with Crippen LogP contribution in [-0.2, 0) is 28.6 Å². The van der Waals surface area contributed by atoms with E-state index < -0.39 is 6.10 Å². The Balaban J connectivity index is 4.20. The first-order valence-corrected chi connectivity index (χ1v) is 36.5. The van der Waals surface area contributed by atoms with Gasteiger partial charge in [0.1, 0.15) is 13.2 Å². The summed E-state index contributed by atoms with van der Waals surface area (Å²) in [7, 11) is 0. The molecule has 0 aromatic rings. The highest BCUT2D eigenvalue weighted by molar-refractivity contribution is 5.71. The molecule has 0 radical (unpaired) electrons. The lowest BCUT2D eigenvalue weighted by molar-refractivity contribution is -0.167. The Morgan fingerprint density at radius 2 is 0.444 bits per heavy atom. The van der Waals surface area contributed by atoms with Crippen molar-refractivity contribution in [1.82, 2.24) is 0 Å². The molecule has 0 bridgehead atoms. The van der Waals surface area contributed by atoms with Crippen molar-refractivity contribution in [2.24, 2.45) is 0 Å². The number of carbonyl (C=O) groups excluding carboxylic acids is 3. The Bertz CT molecular complexity index is 1350. The maximum atomic E-state index is 13.0. The van der Waals surface area contributed by atoms with Crippen LogP contribution in [0.2, 0.25) is 0 Å². The van der Waals surface area contributed by atoms with Crippen LogP contribution in [0.3, 0.4) is 0 Å². The molecule has 0 N–H and O–H groups in total. The molecule has 0 saturated carbocycles. The number of hydrogen-bond donors (Lipinski definition) is 0. The molecule has 1 atom stereocenters.